The number of benzene rings is 3. The molecular weight excluding hydrogens is 681 g/mol. The first-order valence-electron chi connectivity index (χ1n) is 16.0. The molecule has 0 spiro atoms. The molecule has 274 valence electrons. The monoisotopic (exact) mass is 719 g/mol. The molecule has 0 aliphatic carbocycles. The Balaban J connectivity index is 1.84. The minimum atomic E-state index is -4.97. The molecular formula is C36H38F5N3O7. The highest BCUT2D eigenvalue weighted by Crippen LogP contribution is 2.34. The van der Waals surface area contributed by atoms with Gasteiger partial charge in [-0.15, -0.1) is 0 Å². The third kappa shape index (κ3) is 9.02. The van der Waals surface area contributed by atoms with E-state index in [0.29, 0.717) is 30.2 Å². The van der Waals surface area contributed by atoms with Crippen LogP contribution < -0.4 is 26.2 Å². The van der Waals surface area contributed by atoms with Crippen molar-refractivity contribution in [2.45, 2.75) is 58.4 Å². The molecule has 0 saturated carbocycles. The predicted octanol–water partition coefficient (Wildman–Crippen LogP) is 6.34. The van der Waals surface area contributed by atoms with Crippen LogP contribution in [-0.4, -0.2) is 42.5 Å². The molecule has 1 aromatic heterocycles. The van der Waals surface area contributed by atoms with Crippen molar-refractivity contribution in [2.75, 3.05) is 27.4 Å². The summed E-state index contributed by atoms with van der Waals surface area (Å²) in [5.41, 5.74) is -1.87. The number of hydrogen-bond donors (Lipinski definition) is 1. The summed E-state index contributed by atoms with van der Waals surface area (Å²) in [5, 5.41) is 0. The van der Waals surface area contributed by atoms with E-state index in [-0.39, 0.29) is 48.2 Å². The fourth-order valence-electron chi connectivity index (χ4n) is 5.67. The topological polar surface area (TPSA) is 110 Å². The van der Waals surface area contributed by atoms with Gasteiger partial charge in [0, 0.05) is 28.8 Å². The summed E-state index contributed by atoms with van der Waals surface area (Å²) in [4.78, 5) is 45.2. The molecule has 1 N–H and O–H groups in total. The first-order chi connectivity index (χ1) is 24.3. The number of esters is 1. The zero-order chi connectivity index (χ0) is 37.3. The van der Waals surface area contributed by atoms with Crippen LogP contribution in [0.1, 0.15) is 54.6 Å². The fraction of sp³-hybridized carbons (Fsp3) is 0.361. The Morgan fingerprint density at radius 2 is 1.63 bits per heavy atom. The predicted molar refractivity (Wildman–Crippen MR) is 177 cm³/mol. The lowest BCUT2D eigenvalue weighted by Crippen LogP contribution is -2.45. The molecule has 0 bridgehead atoms. The van der Waals surface area contributed by atoms with Crippen molar-refractivity contribution in [3.05, 3.63) is 116 Å². The molecule has 10 nitrogen and oxygen atoms in total. The van der Waals surface area contributed by atoms with Crippen LogP contribution in [0.4, 0.5) is 22.0 Å². The molecule has 51 heavy (non-hydrogen) atoms. The number of alkyl halides is 3. The van der Waals surface area contributed by atoms with Gasteiger partial charge in [0.2, 0.25) is 0 Å². The lowest BCUT2D eigenvalue weighted by molar-refractivity contribution is -0.143. The molecule has 1 atom stereocenters. The van der Waals surface area contributed by atoms with Crippen molar-refractivity contribution in [2.24, 2.45) is 0 Å². The van der Waals surface area contributed by atoms with Crippen LogP contribution in [0.5, 0.6) is 11.5 Å². The van der Waals surface area contributed by atoms with Gasteiger partial charge in [0.15, 0.2) is 11.6 Å². The summed E-state index contributed by atoms with van der Waals surface area (Å²) in [7, 11) is 2.52. The van der Waals surface area contributed by atoms with E-state index in [2.05, 4.69) is 5.48 Å². The van der Waals surface area contributed by atoms with E-state index in [0.717, 1.165) is 21.3 Å². The number of halogens is 5. The molecule has 3 aromatic carbocycles. The fourth-order valence-corrected chi connectivity index (χ4v) is 5.67. The van der Waals surface area contributed by atoms with Crippen LogP contribution in [0.3, 0.4) is 0 Å². The molecule has 15 heteroatoms. The van der Waals surface area contributed by atoms with Crippen LogP contribution in [0, 0.1) is 18.6 Å². The Kier molecular flexibility index (Phi) is 13.1. The molecule has 0 aliphatic rings. The van der Waals surface area contributed by atoms with Gasteiger partial charge in [0.05, 0.1) is 57.7 Å². The van der Waals surface area contributed by atoms with Crippen molar-refractivity contribution in [3.8, 4) is 22.6 Å². The summed E-state index contributed by atoms with van der Waals surface area (Å²) in [5.74, 6) is -2.38. The number of hydroxylamine groups is 1. The summed E-state index contributed by atoms with van der Waals surface area (Å²) in [6.07, 6.45) is -3.76. The smallest absolute Gasteiger partial charge is 0.416 e. The van der Waals surface area contributed by atoms with Gasteiger partial charge in [0.25, 0.3) is 5.56 Å². The number of unbranched alkanes of at least 4 members (excludes halogenated alkanes) is 1. The maximum atomic E-state index is 15.7. The average Bonchev–Trinajstić information content (AvgIpc) is 3.09. The zero-order valence-corrected chi connectivity index (χ0v) is 28.4. The Morgan fingerprint density at radius 3 is 2.31 bits per heavy atom. The zero-order valence-electron chi connectivity index (χ0n) is 28.4. The molecule has 0 saturated heterocycles. The molecule has 4 aromatic rings. The van der Waals surface area contributed by atoms with E-state index >= 15 is 8.78 Å². The quantitative estimate of drug-likeness (QED) is 0.0619. The van der Waals surface area contributed by atoms with Crippen LogP contribution >= 0.6 is 0 Å². The second-order valence-corrected chi connectivity index (χ2v) is 11.4. The summed E-state index contributed by atoms with van der Waals surface area (Å²) >= 11 is 0. The molecule has 1 heterocycles. The van der Waals surface area contributed by atoms with Gasteiger partial charge in [0.1, 0.15) is 11.6 Å². The minimum absolute atomic E-state index is 0.201. The lowest BCUT2D eigenvalue weighted by Gasteiger charge is -2.24. The number of rotatable bonds is 16. The molecule has 1 unspecified atom stereocenters. The van der Waals surface area contributed by atoms with Crippen molar-refractivity contribution in [3.63, 3.8) is 0 Å². The summed E-state index contributed by atoms with van der Waals surface area (Å²) in [6, 6.07) is 12.1. The summed E-state index contributed by atoms with van der Waals surface area (Å²) in [6.45, 7) is 2.06. The molecule has 0 aliphatic heterocycles. The van der Waals surface area contributed by atoms with E-state index in [4.69, 9.17) is 19.0 Å². The Bertz CT molecular complexity index is 1960. The van der Waals surface area contributed by atoms with Crippen molar-refractivity contribution in [1.29, 1.82) is 0 Å². The van der Waals surface area contributed by atoms with Crippen LogP contribution in [0.15, 0.2) is 70.3 Å². The number of ether oxygens (including phenoxy) is 3. The number of para-hydroxylation sites is 1. The van der Waals surface area contributed by atoms with Crippen molar-refractivity contribution >= 4 is 5.97 Å². The SMILES string of the molecule is CCOC(=O)CCCCOc1ccccc1C(Cn1c(=O)c(-c2cccc(OC)c2F)c(C)n(Cc2c(F)cccc2C(F)(F)F)c1=O)NOC. The van der Waals surface area contributed by atoms with E-state index in [1.807, 2.05) is 0 Å². The first kappa shape index (κ1) is 38.8. The number of hydrogen-bond acceptors (Lipinski definition) is 8. The first-order valence-corrected chi connectivity index (χ1v) is 16.0. The standard InChI is InChI=1S/C36H38F5N3O7/c1-5-50-31(45)18-8-9-19-51-29-16-7-6-12-23(29)28(42-49-4)21-44-34(46)32(24-13-10-17-30(48-3)33(24)38)22(2)43(35(44)47)20-25-26(36(39,40)41)14-11-15-27(25)37/h6-7,10-17,28,42H,5,8-9,18-21H2,1-4H3. The number of nitrogens with zero attached hydrogens (tertiary/aromatic N) is 2. The maximum Gasteiger partial charge on any atom is 0.416 e. The highest BCUT2D eigenvalue weighted by molar-refractivity contribution is 5.69. The number of carbonyl (C=O) groups excluding carboxylic acids is 1. The molecule has 0 fully saturated rings. The maximum absolute atomic E-state index is 15.7. The van der Waals surface area contributed by atoms with E-state index < -0.39 is 59.3 Å². The van der Waals surface area contributed by atoms with E-state index in [1.165, 1.54) is 39.3 Å². The second kappa shape index (κ2) is 17.3. The van der Waals surface area contributed by atoms with Gasteiger partial charge in [-0.2, -0.15) is 18.7 Å². The van der Waals surface area contributed by atoms with E-state index in [1.54, 1.807) is 31.2 Å². The Labute approximate surface area is 290 Å². The second-order valence-electron chi connectivity index (χ2n) is 11.4. The van der Waals surface area contributed by atoms with Gasteiger partial charge in [-0.3, -0.25) is 18.7 Å². The van der Waals surface area contributed by atoms with Gasteiger partial charge in [-0.05, 0) is 51.0 Å². The highest BCUT2D eigenvalue weighted by atomic mass is 19.4. The van der Waals surface area contributed by atoms with Crippen LogP contribution in [0.25, 0.3) is 11.1 Å². The number of nitrogens with one attached hydrogen (secondary N) is 1. The van der Waals surface area contributed by atoms with Gasteiger partial charge >= 0.3 is 17.8 Å². The van der Waals surface area contributed by atoms with Gasteiger partial charge < -0.3 is 19.0 Å². The molecule has 0 radical (unpaired) electrons. The highest BCUT2D eigenvalue weighted by Gasteiger charge is 2.35. The molecule has 4 rings (SSSR count). The minimum Gasteiger partial charge on any atom is -0.494 e. The third-order valence-corrected chi connectivity index (χ3v) is 8.14. The van der Waals surface area contributed by atoms with Gasteiger partial charge in [-0.25, -0.2) is 13.6 Å². The number of methoxy groups -OCH3 is 1. The number of carbonyl (C=O) groups is 1. The van der Waals surface area contributed by atoms with E-state index in [9.17, 15) is 27.6 Å². The van der Waals surface area contributed by atoms with Crippen LogP contribution in [0.2, 0.25) is 0 Å². The lowest BCUT2D eigenvalue weighted by atomic mass is 10.0. The molecule has 0 amide bonds. The summed E-state index contributed by atoms with van der Waals surface area (Å²) < 4.78 is 90.3. The third-order valence-electron chi connectivity index (χ3n) is 8.14. The average molecular weight is 720 g/mol. The van der Waals surface area contributed by atoms with Gasteiger partial charge in [-0.1, -0.05) is 36.4 Å². The Hall–Kier alpha value is -5.02. The largest absolute Gasteiger partial charge is 0.494 e. The van der Waals surface area contributed by atoms with Crippen molar-refractivity contribution < 1.29 is 45.8 Å². The van der Waals surface area contributed by atoms with Crippen LogP contribution in [-0.2, 0) is 33.6 Å². The van der Waals surface area contributed by atoms with Crippen molar-refractivity contribution in [1.82, 2.24) is 14.6 Å². The normalized spacial score (nSPS) is 12.1. The number of aromatic nitrogens is 2. The Morgan fingerprint density at radius 1 is 0.922 bits per heavy atom.